The molecule has 3 N–H and O–H groups in total. The van der Waals surface area contributed by atoms with Crippen molar-refractivity contribution in [2.24, 2.45) is 17.0 Å². The van der Waals surface area contributed by atoms with E-state index < -0.39 is 41.2 Å². The van der Waals surface area contributed by atoms with Crippen LogP contribution in [0.25, 0.3) is 0 Å². The number of carbonyl (C=O) groups excluding carboxylic acids is 1. The van der Waals surface area contributed by atoms with E-state index in [4.69, 9.17) is 14.5 Å². The minimum Gasteiger partial charge on any atom is -0.378 e. The van der Waals surface area contributed by atoms with E-state index >= 15 is 0 Å². The fourth-order valence-corrected chi connectivity index (χ4v) is 4.41. The molecular formula is C22H28F3N7O4. The Morgan fingerprint density at radius 1 is 1.31 bits per heavy atom. The maximum Gasteiger partial charge on any atom is 0.417 e. The fraction of sp³-hybridized carbons (Fsp3) is 0.545. The summed E-state index contributed by atoms with van der Waals surface area (Å²) in [5.41, 5.74) is -0.652. The molecule has 0 saturated carbocycles. The normalized spacial score (nSPS) is 22.3. The summed E-state index contributed by atoms with van der Waals surface area (Å²) in [5.74, 6) is 0. The number of carbonyl (C=O) groups is 1. The molecule has 2 aliphatic heterocycles. The lowest BCUT2D eigenvalue weighted by Crippen LogP contribution is -2.58. The molecule has 2 aliphatic rings. The van der Waals surface area contributed by atoms with E-state index in [1.54, 1.807) is 7.11 Å². The molecule has 2 aromatic heterocycles. The van der Waals surface area contributed by atoms with E-state index in [2.05, 4.69) is 25.5 Å². The van der Waals surface area contributed by atoms with Gasteiger partial charge in [0.2, 0.25) is 0 Å². The molecule has 3 atom stereocenters. The Balaban J connectivity index is 1.41. The number of amides is 2. The second-order valence-corrected chi connectivity index (χ2v) is 8.73. The number of H-pyrrole nitrogens is 1. The Hall–Kier alpha value is -3.23. The predicted octanol–water partition coefficient (Wildman–Crippen LogP) is 0.369. The molecular weight excluding hydrogens is 483 g/mol. The van der Waals surface area contributed by atoms with Gasteiger partial charge in [0.15, 0.2) is 5.49 Å². The van der Waals surface area contributed by atoms with Crippen molar-refractivity contribution in [3.63, 3.8) is 0 Å². The van der Waals surface area contributed by atoms with Crippen molar-refractivity contribution in [3.8, 4) is 0 Å². The number of ether oxygens (including phenoxy) is 2. The van der Waals surface area contributed by atoms with E-state index in [0.717, 1.165) is 21.1 Å². The van der Waals surface area contributed by atoms with Gasteiger partial charge in [-0.2, -0.15) is 13.2 Å². The average Bonchev–Trinajstić information content (AvgIpc) is 3.23. The van der Waals surface area contributed by atoms with Crippen molar-refractivity contribution < 1.29 is 27.4 Å². The Morgan fingerprint density at radius 2 is 2.08 bits per heavy atom. The van der Waals surface area contributed by atoms with Gasteiger partial charge in [0.25, 0.3) is 5.56 Å². The highest BCUT2D eigenvalue weighted by molar-refractivity contribution is 5.89. The standard InChI is InChI=1S/C22H28F3N7O4/c1-31-9-12(22(23,24)25)6-16(20(31)33)30-21(34)29-14-4-5-32(10-17(14)36-3)18-8-26-19-15(28-18)7-13(27-19)11-35-2/h6-7,9,14,17-18H,4-5,8,10-11H2,1-3H3,(H,26,27)(H2,29,30,34)/t14-,17-,18?/m1/s1. The smallest absolute Gasteiger partial charge is 0.378 e. The number of anilines is 1. The number of urea groups is 1. The van der Waals surface area contributed by atoms with Gasteiger partial charge in [0.05, 0.1) is 30.9 Å². The Labute approximate surface area is 204 Å². The van der Waals surface area contributed by atoms with Gasteiger partial charge < -0.3 is 29.7 Å². The zero-order valence-electron chi connectivity index (χ0n) is 20.1. The highest BCUT2D eigenvalue weighted by atomic mass is 19.4. The fourth-order valence-electron chi connectivity index (χ4n) is 4.41. The summed E-state index contributed by atoms with van der Waals surface area (Å²) in [6.07, 6.45) is -4.06. The molecule has 14 heteroatoms. The third kappa shape index (κ3) is 5.60. The zero-order chi connectivity index (χ0) is 26.0. The molecule has 2 amide bonds. The number of rotatable bonds is 6. The summed E-state index contributed by atoms with van der Waals surface area (Å²) in [6.45, 7) is 1.94. The van der Waals surface area contributed by atoms with Crippen molar-refractivity contribution in [2.75, 3.05) is 39.2 Å². The number of hydrogen-bond acceptors (Lipinski definition) is 7. The first-order valence-corrected chi connectivity index (χ1v) is 11.3. The number of piperidine rings is 1. The first-order chi connectivity index (χ1) is 17.1. The summed E-state index contributed by atoms with van der Waals surface area (Å²) < 4.78 is 50.8. The third-order valence-corrected chi connectivity index (χ3v) is 6.22. The summed E-state index contributed by atoms with van der Waals surface area (Å²) in [6, 6.07) is 1.32. The van der Waals surface area contributed by atoms with Gasteiger partial charge in [-0.15, -0.1) is 0 Å². The number of aromatic amines is 1. The second-order valence-electron chi connectivity index (χ2n) is 8.73. The minimum absolute atomic E-state index is 0.191. The molecule has 0 bridgehead atoms. The molecule has 2 aromatic rings. The molecule has 1 unspecified atom stereocenters. The van der Waals surface area contributed by atoms with Crippen LogP contribution >= 0.6 is 0 Å². The number of methoxy groups -OCH3 is 2. The molecule has 0 spiro atoms. The van der Waals surface area contributed by atoms with Gasteiger partial charge in [-0.25, -0.2) is 4.79 Å². The van der Waals surface area contributed by atoms with Crippen LogP contribution < -0.4 is 27.0 Å². The summed E-state index contributed by atoms with van der Waals surface area (Å²) in [7, 11) is 4.32. The first-order valence-electron chi connectivity index (χ1n) is 11.3. The van der Waals surface area contributed by atoms with Crippen LogP contribution in [0.15, 0.2) is 33.1 Å². The number of fused-ring (bicyclic) bond motifs is 1. The van der Waals surface area contributed by atoms with Gasteiger partial charge in [-0.1, -0.05) is 0 Å². The van der Waals surface area contributed by atoms with Crippen molar-refractivity contribution in [1.29, 1.82) is 0 Å². The zero-order valence-corrected chi connectivity index (χ0v) is 20.1. The Kier molecular flexibility index (Phi) is 7.47. The lowest BCUT2D eigenvalue weighted by molar-refractivity contribution is -0.138. The topological polar surface area (TPSA) is 125 Å². The number of aromatic nitrogens is 2. The number of pyridine rings is 1. The van der Waals surface area contributed by atoms with Crippen molar-refractivity contribution in [3.05, 3.63) is 50.8 Å². The van der Waals surface area contributed by atoms with Gasteiger partial charge >= 0.3 is 12.2 Å². The first kappa shape index (κ1) is 25.9. The molecule has 1 saturated heterocycles. The summed E-state index contributed by atoms with van der Waals surface area (Å²) >= 11 is 0. The average molecular weight is 512 g/mol. The minimum atomic E-state index is -4.66. The van der Waals surface area contributed by atoms with Gasteiger partial charge in [-0.3, -0.25) is 19.7 Å². The molecule has 36 heavy (non-hydrogen) atoms. The van der Waals surface area contributed by atoms with Crippen molar-refractivity contribution in [1.82, 2.24) is 19.8 Å². The quantitative estimate of drug-likeness (QED) is 0.517. The molecule has 0 aliphatic carbocycles. The van der Waals surface area contributed by atoms with Crippen LogP contribution in [0.4, 0.5) is 23.7 Å². The molecule has 196 valence electrons. The second kappa shape index (κ2) is 10.4. The van der Waals surface area contributed by atoms with E-state index in [9.17, 15) is 22.8 Å². The molecule has 0 radical (unpaired) electrons. The molecule has 0 aromatic carbocycles. The van der Waals surface area contributed by atoms with Crippen molar-refractivity contribution >= 4 is 11.7 Å². The number of halogens is 3. The number of alkyl halides is 3. The molecule has 11 nitrogen and oxygen atoms in total. The maximum absolute atomic E-state index is 13.1. The van der Waals surface area contributed by atoms with Crippen LogP contribution in [0.3, 0.4) is 0 Å². The monoisotopic (exact) mass is 511 g/mol. The highest BCUT2D eigenvalue weighted by Gasteiger charge is 2.35. The van der Waals surface area contributed by atoms with Crippen molar-refractivity contribution in [2.45, 2.75) is 37.5 Å². The predicted molar refractivity (Wildman–Crippen MR) is 122 cm³/mol. The van der Waals surface area contributed by atoms with Gasteiger partial charge in [0.1, 0.15) is 17.2 Å². The number of aryl methyl sites for hydroxylation is 1. The van der Waals surface area contributed by atoms with Crippen LogP contribution in [0, 0.1) is 0 Å². The van der Waals surface area contributed by atoms with Crippen LogP contribution in [0.5, 0.6) is 0 Å². The van der Waals surface area contributed by atoms with Gasteiger partial charge in [-0.05, 0) is 18.6 Å². The van der Waals surface area contributed by atoms with Crippen LogP contribution in [-0.2, 0) is 29.3 Å². The van der Waals surface area contributed by atoms with E-state index in [1.165, 1.54) is 14.2 Å². The van der Waals surface area contributed by atoms with Gasteiger partial charge in [0, 0.05) is 46.2 Å². The Morgan fingerprint density at radius 3 is 2.78 bits per heavy atom. The summed E-state index contributed by atoms with van der Waals surface area (Å²) in [4.78, 5) is 39.5. The summed E-state index contributed by atoms with van der Waals surface area (Å²) in [5, 5.41) is 5.74. The highest BCUT2D eigenvalue weighted by Crippen LogP contribution is 2.29. The van der Waals surface area contributed by atoms with E-state index in [1.807, 2.05) is 6.07 Å². The largest absolute Gasteiger partial charge is 0.417 e. The maximum atomic E-state index is 13.1. The molecule has 1 fully saturated rings. The third-order valence-electron chi connectivity index (χ3n) is 6.22. The van der Waals surface area contributed by atoms with Crippen LogP contribution in [-0.4, -0.2) is 72.6 Å². The van der Waals surface area contributed by atoms with Crippen LogP contribution in [0.1, 0.15) is 17.7 Å². The molecule has 4 rings (SSSR count). The van der Waals surface area contributed by atoms with Crippen LogP contribution in [0.2, 0.25) is 0 Å². The number of likely N-dealkylation sites (tertiary alicyclic amines) is 1. The molecule has 4 heterocycles. The van der Waals surface area contributed by atoms with E-state index in [0.29, 0.717) is 44.9 Å². The lowest BCUT2D eigenvalue weighted by atomic mass is 10.0. The van der Waals surface area contributed by atoms with E-state index in [-0.39, 0.29) is 6.17 Å². The SMILES string of the molecule is COCc1cc2c([nH]1)=NCC(N1CC[C@@H](NC(=O)Nc3cc(C(F)(F)F)cn(C)c3=O)[C@H](OC)C1)N=2. The number of nitrogens with one attached hydrogen (secondary N) is 3. The lowest BCUT2D eigenvalue weighted by Gasteiger charge is -2.40. The number of hydrogen-bond donors (Lipinski definition) is 3. The number of nitrogens with zero attached hydrogens (tertiary/aromatic N) is 4. The Bertz CT molecular complexity index is 1290.